The highest BCUT2D eigenvalue weighted by molar-refractivity contribution is 7.89. The number of nitrogens with one attached hydrogen (secondary N) is 2. The van der Waals surface area contributed by atoms with Crippen LogP contribution in [-0.2, 0) is 36.4 Å². The number of imidazole rings is 1. The predicted molar refractivity (Wildman–Crippen MR) is 151 cm³/mol. The number of fused-ring (bicyclic) bond motifs is 1. The van der Waals surface area contributed by atoms with Gasteiger partial charge in [0.2, 0.25) is 17.8 Å². The van der Waals surface area contributed by atoms with Gasteiger partial charge < -0.3 is 11.1 Å². The Hall–Kier alpha value is -3.96. The van der Waals surface area contributed by atoms with E-state index in [0.717, 1.165) is 6.20 Å². The van der Waals surface area contributed by atoms with Crippen LogP contribution in [0.25, 0.3) is 0 Å². The molecule has 0 saturated carbocycles. The van der Waals surface area contributed by atoms with E-state index in [0.29, 0.717) is 11.1 Å². The molecule has 0 unspecified atom stereocenters. The van der Waals surface area contributed by atoms with Crippen molar-refractivity contribution in [1.82, 2.24) is 19.6 Å². The molecule has 41 heavy (non-hydrogen) atoms. The molecule has 3 aromatic rings. The first-order valence-electron chi connectivity index (χ1n) is 12.2. The number of aromatic nitrogens is 2. The molecule has 12 nitrogen and oxygen atoms in total. The Morgan fingerprint density at radius 2 is 1.73 bits per heavy atom. The Bertz CT molecular complexity index is 1680. The van der Waals surface area contributed by atoms with Gasteiger partial charge in [-0.05, 0) is 56.7 Å². The molecule has 0 saturated heterocycles. The smallest absolute Gasteiger partial charge is 0.260 e. The summed E-state index contributed by atoms with van der Waals surface area (Å²) in [4.78, 5) is 43.5. The number of sulfonamides is 1. The SMILES string of the molecule is C[C@H](NS(=O)(=O)c1cnc2n1[C@](C)(Cc1ccc(C#N)cc1)C(=O)N2c1cc(Cl)cc(Cl)c1)C(=O)N[C@H](C)C(N)=O. The van der Waals surface area contributed by atoms with Gasteiger partial charge in [0, 0.05) is 16.5 Å². The fourth-order valence-electron chi connectivity index (χ4n) is 4.47. The number of hydrogen-bond donors (Lipinski definition) is 3. The number of carbonyl (C=O) groups excluding carboxylic acids is 3. The van der Waals surface area contributed by atoms with E-state index in [-0.39, 0.29) is 33.1 Å². The highest BCUT2D eigenvalue weighted by Gasteiger charge is 2.52. The van der Waals surface area contributed by atoms with Crippen LogP contribution in [0.2, 0.25) is 10.0 Å². The van der Waals surface area contributed by atoms with E-state index >= 15 is 0 Å². The van der Waals surface area contributed by atoms with Gasteiger partial charge in [0.1, 0.15) is 11.6 Å². The lowest BCUT2D eigenvalue weighted by molar-refractivity contribution is -0.127. The molecule has 0 aliphatic carbocycles. The first-order chi connectivity index (χ1) is 19.2. The first kappa shape index (κ1) is 30.0. The van der Waals surface area contributed by atoms with E-state index in [4.69, 9.17) is 34.2 Å². The van der Waals surface area contributed by atoms with E-state index in [1.165, 1.54) is 41.5 Å². The van der Waals surface area contributed by atoms with Gasteiger partial charge in [-0.1, -0.05) is 35.3 Å². The third kappa shape index (κ3) is 5.77. The van der Waals surface area contributed by atoms with Crippen LogP contribution in [0.1, 0.15) is 31.9 Å². The number of amides is 3. The lowest BCUT2D eigenvalue weighted by Gasteiger charge is -2.27. The molecular weight excluding hydrogens is 593 g/mol. The van der Waals surface area contributed by atoms with Gasteiger partial charge in [-0.2, -0.15) is 9.98 Å². The molecule has 2 heterocycles. The molecule has 2 aromatic carbocycles. The fraction of sp³-hybridized carbons (Fsp3) is 0.269. The van der Waals surface area contributed by atoms with Gasteiger partial charge in [0.05, 0.1) is 29.6 Å². The van der Waals surface area contributed by atoms with E-state index < -0.39 is 45.4 Å². The molecule has 15 heteroatoms. The summed E-state index contributed by atoms with van der Waals surface area (Å²) in [6.07, 6.45) is 1.11. The number of nitrogens with zero attached hydrogens (tertiary/aromatic N) is 4. The lowest BCUT2D eigenvalue weighted by atomic mass is 9.91. The summed E-state index contributed by atoms with van der Waals surface area (Å²) in [5, 5.41) is 11.6. The Morgan fingerprint density at radius 3 is 2.29 bits per heavy atom. The van der Waals surface area contributed by atoms with Crippen molar-refractivity contribution in [3.8, 4) is 6.07 Å². The Labute approximate surface area is 246 Å². The van der Waals surface area contributed by atoms with Crippen LogP contribution in [0.3, 0.4) is 0 Å². The zero-order valence-corrected chi connectivity index (χ0v) is 24.4. The van der Waals surface area contributed by atoms with Gasteiger partial charge >= 0.3 is 0 Å². The normalized spacial score (nSPS) is 18.0. The molecule has 4 rings (SSSR count). The second-order valence-corrected chi connectivity index (χ2v) is 12.3. The lowest BCUT2D eigenvalue weighted by Crippen LogP contribution is -2.51. The minimum Gasteiger partial charge on any atom is -0.368 e. The Balaban J connectivity index is 1.80. The van der Waals surface area contributed by atoms with Gasteiger partial charge in [-0.15, -0.1) is 0 Å². The van der Waals surface area contributed by atoms with Crippen molar-refractivity contribution in [2.24, 2.45) is 5.73 Å². The third-order valence-electron chi connectivity index (χ3n) is 6.59. The predicted octanol–water partition coefficient (Wildman–Crippen LogP) is 2.35. The zero-order valence-electron chi connectivity index (χ0n) is 22.1. The van der Waals surface area contributed by atoms with Crippen molar-refractivity contribution in [2.75, 3.05) is 4.90 Å². The Morgan fingerprint density at radius 1 is 1.12 bits per heavy atom. The first-order valence-corrected chi connectivity index (χ1v) is 14.4. The second kappa shape index (κ2) is 11.1. The van der Waals surface area contributed by atoms with Crippen LogP contribution in [0.15, 0.2) is 53.7 Å². The molecule has 3 atom stereocenters. The highest BCUT2D eigenvalue weighted by atomic mass is 35.5. The zero-order chi connectivity index (χ0) is 30.3. The molecule has 1 aliphatic rings. The minimum absolute atomic E-state index is 0.00990. The molecule has 214 valence electrons. The van der Waals surface area contributed by atoms with Crippen LogP contribution in [-0.4, -0.2) is 47.8 Å². The molecule has 0 bridgehead atoms. The molecular formula is C26H25Cl2N7O5S. The largest absolute Gasteiger partial charge is 0.368 e. The number of benzene rings is 2. The number of nitriles is 1. The summed E-state index contributed by atoms with van der Waals surface area (Å²) >= 11 is 12.4. The summed E-state index contributed by atoms with van der Waals surface area (Å²) in [6.45, 7) is 4.22. The van der Waals surface area contributed by atoms with Crippen molar-refractivity contribution in [3.05, 3.63) is 69.8 Å². The topological polar surface area (TPSA) is 180 Å². The number of anilines is 2. The second-order valence-electron chi connectivity index (χ2n) is 9.74. The number of carbonyl (C=O) groups is 3. The summed E-state index contributed by atoms with van der Waals surface area (Å²) in [6, 6.07) is 10.7. The standard InChI is InChI=1S/C26H25Cl2N7O5S/c1-14(22(30)36)32-23(37)15(2)33-41(39,40)21-13-31-25-34(20-9-18(27)8-19(28)10-20)24(38)26(3,35(21)25)11-16-4-6-17(12-29)7-5-16/h4-10,13-15,33H,11H2,1-3H3,(H2,30,36)(H,32,37)/t14-,15+,26-/m1/s1. The van der Waals surface area contributed by atoms with Gasteiger partial charge in [-0.25, -0.2) is 18.3 Å². The van der Waals surface area contributed by atoms with Crippen molar-refractivity contribution in [1.29, 1.82) is 5.26 Å². The van der Waals surface area contributed by atoms with Gasteiger partial charge in [0.25, 0.3) is 15.9 Å². The number of nitrogens with two attached hydrogens (primary N) is 1. The highest BCUT2D eigenvalue weighted by Crippen LogP contribution is 2.44. The Kier molecular flexibility index (Phi) is 8.15. The van der Waals surface area contributed by atoms with Crippen LogP contribution in [0, 0.1) is 11.3 Å². The molecule has 4 N–H and O–H groups in total. The average Bonchev–Trinajstić information content (AvgIpc) is 3.42. The summed E-state index contributed by atoms with van der Waals surface area (Å²) in [5.41, 5.74) is 4.99. The molecule has 0 spiro atoms. The van der Waals surface area contributed by atoms with Crippen LogP contribution >= 0.6 is 23.2 Å². The van der Waals surface area contributed by atoms with E-state index in [2.05, 4.69) is 15.0 Å². The van der Waals surface area contributed by atoms with Crippen LogP contribution < -0.4 is 20.7 Å². The summed E-state index contributed by atoms with van der Waals surface area (Å²) in [7, 11) is -4.46. The molecule has 3 amide bonds. The van der Waals surface area contributed by atoms with Gasteiger partial charge in [-0.3, -0.25) is 19.0 Å². The van der Waals surface area contributed by atoms with Crippen LogP contribution in [0.4, 0.5) is 11.6 Å². The van der Waals surface area contributed by atoms with Crippen LogP contribution in [0.5, 0.6) is 0 Å². The van der Waals surface area contributed by atoms with E-state index in [1.54, 1.807) is 31.2 Å². The number of rotatable bonds is 9. The summed E-state index contributed by atoms with van der Waals surface area (Å²) in [5.74, 6) is -2.10. The van der Waals surface area contributed by atoms with Gasteiger partial charge in [0.15, 0.2) is 5.03 Å². The van der Waals surface area contributed by atoms with E-state index in [1.807, 2.05) is 6.07 Å². The summed E-state index contributed by atoms with van der Waals surface area (Å²) < 4.78 is 30.8. The third-order valence-corrected chi connectivity index (χ3v) is 8.53. The molecule has 1 aromatic heterocycles. The monoisotopic (exact) mass is 617 g/mol. The number of halogens is 2. The number of hydrogen-bond acceptors (Lipinski definition) is 7. The fourth-order valence-corrected chi connectivity index (χ4v) is 6.39. The number of primary amides is 1. The minimum atomic E-state index is -4.46. The quantitative estimate of drug-likeness (QED) is 0.329. The van der Waals surface area contributed by atoms with Crippen molar-refractivity contribution < 1.29 is 22.8 Å². The maximum Gasteiger partial charge on any atom is 0.260 e. The van der Waals surface area contributed by atoms with Crippen molar-refractivity contribution in [3.63, 3.8) is 0 Å². The average molecular weight is 619 g/mol. The van der Waals surface area contributed by atoms with E-state index in [9.17, 15) is 22.8 Å². The van der Waals surface area contributed by atoms with Crippen molar-refractivity contribution in [2.45, 2.75) is 49.8 Å². The maximum absolute atomic E-state index is 14.1. The maximum atomic E-state index is 14.1. The molecule has 1 aliphatic heterocycles. The van der Waals surface area contributed by atoms with Crippen molar-refractivity contribution >= 4 is 62.6 Å². The molecule has 0 radical (unpaired) electrons. The molecule has 0 fully saturated rings.